The molecule has 1 N–H and O–H groups in total. The molecule has 0 spiro atoms. The minimum Gasteiger partial charge on any atom is -0.444 e. The minimum absolute atomic E-state index is 0.0377. The first kappa shape index (κ1) is 25.1. The van der Waals surface area contributed by atoms with Crippen molar-refractivity contribution in [1.29, 1.82) is 0 Å². The number of piperidine rings is 1. The fraction of sp³-hybridized carbons (Fsp3) is 0.778. The van der Waals surface area contributed by atoms with Crippen LogP contribution < -0.4 is 0 Å². The monoisotopic (exact) mass is 492 g/mol. The van der Waals surface area contributed by atoms with Gasteiger partial charge in [0.1, 0.15) is 17.7 Å². The summed E-state index contributed by atoms with van der Waals surface area (Å²) in [6.07, 6.45) is 0.437. The van der Waals surface area contributed by atoms with E-state index in [1.807, 2.05) is 0 Å². The van der Waals surface area contributed by atoms with Crippen molar-refractivity contribution in [1.82, 2.24) is 19.9 Å². The van der Waals surface area contributed by atoms with Gasteiger partial charge in [-0.25, -0.2) is 9.59 Å². The van der Waals surface area contributed by atoms with Crippen molar-refractivity contribution in [3.63, 3.8) is 0 Å². The Labute approximate surface area is 191 Å². The van der Waals surface area contributed by atoms with Crippen LogP contribution in [0.5, 0.6) is 0 Å². The summed E-state index contributed by atoms with van der Waals surface area (Å²) in [6, 6.07) is -3.72. The van der Waals surface area contributed by atoms with Crippen LogP contribution in [0, 0.1) is 0 Å². The quantitative estimate of drug-likeness (QED) is 0.321. The van der Waals surface area contributed by atoms with E-state index in [-0.39, 0.29) is 25.9 Å². The SMILES string of the molecule is CON(C(=O)C1CCC2CN1C(=O)N2OS(=O)(=O)O)C(=O)[C@@H]1CCCN1C(=O)OC(C)(C)C. The standard InChI is InChI=1S/C18H28N4O10S/c1-18(2,3)31-17(26)19-9-5-6-12(19)14(23)22(30-4)15(24)13-8-7-11-10-20(13)16(25)21(11)32-33(27,28)29/h11-13H,5-10H2,1-4H3,(H,27,28,29)/t11?,12-,13?/m0/s1. The molecule has 0 aliphatic carbocycles. The maximum absolute atomic E-state index is 13.2. The van der Waals surface area contributed by atoms with E-state index in [0.717, 1.165) is 12.0 Å². The average molecular weight is 493 g/mol. The number of ether oxygens (including phenoxy) is 1. The molecular formula is C18H28N4O10S. The van der Waals surface area contributed by atoms with E-state index in [1.54, 1.807) is 20.8 Å². The van der Waals surface area contributed by atoms with Gasteiger partial charge in [-0.15, -0.1) is 4.28 Å². The van der Waals surface area contributed by atoms with Crippen LogP contribution in [-0.4, -0.2) is 101 Å². The number of nitrogens with zero attached hydrogens (tertiary/aromatic N) is 4. The zero-order chi connectivity index (χ0) is 24.7. The second kappa shape index (κ2) is 9.04. The summed E-state index contributed by atoms with van der Waals surface area (Å²) in [4.78, 5) is 58.8. The lowest BCUT2D eigenvalue weighted by atomic mass is 10.00. The van der Waals surface area contributed by atoms with Crippen molar-refractivity contribution in [2.24, 2.45) is 0 Å². The zero-order valence-corrected chi connectivity index (χ0v) is 19.6. The number of fused-ring (bicyclic) bond motifs is 2. The molecule has 0 aromatic carbocycles. The lowest BCUT2D eigenvalue weighted by molar-refractivity contribution is -0.193. The highest BCUT2D eigenvalue weighted by Gasteiger charge is 2.51. The zero-order valence-electron chi connectivity index (χ0n) is 18.8. The van der Waals surface area contributed by atoms with E-state index >= 15 is 0 Å². The highest BCUT2D eigenvalue weighted by atomic mass is 32.3. The number of likely N-dealkylation sites (tertiary alicyclic amines) is 1. The van der Waals surface area contributed by atoms with Crippen molar-refractivity contribution < 1.29 is 46.0 Å². The molecule has 3 rings (SSSR count). The topological polar surface area (TPSA) is 163 Å². The Morgan fingerprint density at radius 3 is 2.30 bits per heavy atom. The van der Waals surface area contributed by atoms with E-state index in [0.29, 0.717) is 23.0 Å². The Bertz CT molecular complexity index is 933. The molecule has 3 saturated heterocycles. The van der Waals surface area contributed by atoms with Crippen LogP contribution in [0.3, 0.4) is 0 Å². The molecule has 33 heavy (non-hydrogen) atoms. The summed E-state index contributed by atoms with van der Waals surface area (Å²) in [5, 5.41) is 1.03. The Kier molecular flexibility index (Phi) is 6.89. The maximum Gasteiger partial charge on any atom is 0.418 e. The van der Waals surface area contributed by atoms with Crippen molar-refractivity contribution in [3.8, 4) is 0 Å². The number of carbonyl (C=O) groups excluding carboxylic acids is 4. The van der Waals surface area contributed by atoms with E-state index in [1.165, 1.54) is 4.90 Å². The van der Waals surface area contributed by atoms with Crippen molar-refractivity contribution >= 4 is 34.3 Å². The molecule has 0 saturated carbocycles. The van der Waals surface area contributed by atoms with Crippen LogP contribution in [0.1, 0.15) is 46.5 Å². The first-order valence-corrected chi connectivity index (χ1v) is 11.8. The van der Waals surface area contributed by atoms with E-state index in [9.17, 15) is 27.6 Å². The molecule has 14 nitrogen and oxygen atoms in total. The van der Waals surface area contributed by atoms with Gasteiger partial charge >= 0.3 is 22.5 Å². The molecule has 0 aromatic heterocycles. The smallest absolute Gasteiger partial charge is 0.418 e. The normalized spacial score (nSPS) is 25.4. The fourth-order valence-corrected chi connectivity index (χ4v) is 4.60. The van der Waals surface area contributed by atoms with E-state index in [4.69, 9.17) is 14.1 Å². The number of carbonyl (C=O) groups is 4. The molecule has 5 amide bonds. The van der Waals surface area contributed by atoms with Gasteiger partial charge in [0.2, 0.25) is 0 Å². The Hall–Kier alpha value is -2.49. The van der Waals surface area contributed by atoms with Crippen molar-refractivity contribution in [2.75, 3.05) is 20.2 Å². The lowest BCUT2D eigenvalue weighted by Gasteiger charge is -2.34. The van der Waals surface area contributed by atoms with Gasteiger partial charge in [0, 0.05) is 13.1 Å². The number of imide groups is 1. The summed E-state index contributed by atoms with van der Waals surface area (Å²) in [5.74, 6) is -1.61. The Balaban J connectivity index is 1.74. The van der Waals surface area contributed by atoms with Gasteiger partial charge in [0.05, 0.1) is 13.2 Å². The van der Waals surface area contributed by atoms with Crippen LogP contribution >= 0.6 is 0 Å². The van der Waals surface area contributed by atoms with Gasteiger partial charge in [-0.1, -0.05) is 0 Å². The second-order valence-electron chi connectivity index (χ2n) is 9.00. The van der Waals surface area contributed by atoms with Gasteiger partial charge in [-0.05, 0) is 46.5 Å². The Morgan fingerprint density at radius 1 is 1.09 bits per heavy atom. The molecule has 2 unspecified atom stereocenters. The Morgan fingerprint density at radius 2 is 1.73 bits per heavy atom. The summed E-state index contributed by atoms with van der Waals surface area (Å²) < 4.78 is 40.7. The number of amides is 5. The molecule has 3 aliphatic rings. The summed E-state index contributed by atoms with van der Waals surface area (Å²) in [5.41, 5.74) is -0.769. The number of hydrogen-bond donors (Lipinski definition) is 1. The van der Waals surface area contributed by atoms with Crippen molar-refractivity contribution in [3.05, 3.63) is 0 Å². The van der Waals surface area contributed by atoms with Gasteiger partial charge in [-0.3, -0.25) is 23.9 Å². The third-order valence-electron chi connectivity index (χ3n) is 5.53. The molecule has 0 aromatic rings. The van der Waals surface area contributed by atoms with Crippen LogP contribution in [0.2, 0.25) is 0 Å². The third-order valence-corrected chi connectivity index (χ3v) is 5.88. The van der Waals surface area contributed by atoms with E-state index in [2.05, 4.69) is 4.28 Å². The predicted octanol–water partition coefficient (Wildman–Crippen LogP) is 0.306. The van der Waals surface area contributed by atoms with Gasteiger partial charge in [-0.2, -0.15) is 18.5 Å². The molecule has 3 heterocycles. The molecule has 0 radical (unpaired) electrons. The predicted molar refractivity (Wildman–Crippen MR) is 108 cm³/mol. The van der Waals surface area contributed by atoms with Crippen molar-refractivity contribution in [2.45, 2.75) is 70.2 Å². The number of hydroxylamine groups is 4. The van der Waals surface area contributed by atoms with Crippen LogP contribution in [0.4, 0.5) is 9.59 Å². The van der Waals surface area contributed by atoms with E-state index < -0.39 is 58.1 Å². The lowest BCUT2D eigenvalue weighted by Crippen LogP contribution is -2.56. The molecule has 3 atom stereocenters. The number of rotatable bonds is 5. The van der Waals surface area contributed by atoms with Gasteiger partial charge in [0.15, 0.2) is 0 Å². The maximum atomic E-state index is 13.2. The van der Waals surface area contributed by atoms with Gasteiger partial charge < -0.3 is 9.64 Å². The highest BCUT2D eigenvalue weighted by molar-refractivity contribution is 7.80. The molecule has 15 heteroatoms. The molecule has 3 aliphatic heterocycles. The molecule has 186 valence electrons. The van der Waals surface area contributed by atoms with Crippen LogP contribution in [0.25, 0.3) is 0 Å². The van der Waals surface area contributed by atoms with Crippen LogP contribution in [-0.2, 0) is 33.8 Å². The van der Waals surface area contributed by atoms with Crippen LogP contribution in [0.15, 0.2) is 0 Å². The average Bonchev–Trinajstić information content (AvgIpc) is 3.26. The molecular weight excluding hydrogens is 464 g/mol. The first-order valence-electron chi connectivity index (χ1n) is 10.4. The largest absolute Gasteiger partial charge is 0.444 e. The number of urea groups is 1. The molecule has 3 fully saturated rings. The first-order chi connectivity index (χ1) is 15.2. The summed E-state index contributed by atoms with van der Waals surface area (Å²) >= 11 is 0. The third kappa shape index (κ3) is 5.37. The molecule has 2 bridgehead atoms. The summed E-state index contributed by atoms with van der Waals surface area (Å²) in [6.45, 7) is 5.32. The van der Waals surface area contributed by atoms with Gasteiger partial charge in [0.25, 0.3) is 11.8 Å². The fourth-order valence-electron chi connectivity index (χ4n) is 4.21. The second-order valence-corrected chi connectivity index (χ2v) is 10.00. The number of hydrogen-bond acceptors (Lipinski definition) is 9. The highest BCUT2D eigenvalue weighted by Crippen LogP contribution is 2.32. The minimum atomic E-state index is -4.93. The summed E-state index contributed by atoms with van der Waals surface area (Å²) in [7, 11) is -3.82.